The number of carbonyl (C=O) groups excluding carboxylic acids is 1. The van der Waals surface area contributed by atoms with Gasteiger partial charge in [0.1, 0.15) is 17.1 Å². The Hall–Kier alpha value is -2.89. The summed E-state index contributed by atoms with van der Waals surface area (Å²) in [4.78, 5) is 13.1. The largest absolute Gasteiger partial charge is 0.497 e. The Kier molecular flexibility index (Phi) is 5.21. The molecule has 0 spiro atoms. The summed E-state index contributed by atoms with van der Waals surface area (Å²) in [5.74, 6) is 2.09. The molecule has 1 aliphatic heterocycles. The molecule has 0 amide bonds. The summed E-state index contributed by atoms with van der Waals surface area (Å²) >= 11 is 0. The van der Waals surface area contributed by atoms with Crippen LogP contribution >= 0.6 is 0 Å². The lowest BCUT2D eigenvalue weighted by Crippen LogP contribution is -2.30. The molecule has 3 rings (SSSR count). The first-order chi connectivity index (χ1) is 12.6. The quantitative estimate of drug-likeness (QED) is 0.790. The third-order valence-electron chi connectivity index (χ3n) is 4.49. The highest BCUT2D eigenvalue weighted by Crippen LogP contribution is 2.47. The van der Waals surface area contributed by atoms with Gasteiger partial charge in [-0.05, 0) is 24.1 Å². The van der Waals surface area contributed by atoms with Crippen molar-refractivity contribution in [2.24, 2.45) is 5.92 Å². The van der Waals surface area contributed by atoms with E-state index >= 15 is 0 Å². The minimum atomic E-state index is -0.303. The SMILES string of the molecule is COc1ccc(C[C@H]2COc3cc(OC)c(OC)c(OC)c3C2=O)cc1. The Morgan fingerprint density at radius 2 is 1.65 bits per heavy atom. The predicted octanol–water partition coefficient (Wildman–Crippen LogP) is 3.16. The third-order valence-corrected chi connectivity index (χ3v) is 4.49. The number of methoxy groups -OCH3 is 4. The van der Waals surface area contributed by atoms with Crippen molar-refractivity contribution in [3.63, 3.8) is 0 Å². The number of hydrogen-bond donors (Lipinski definition) is 0. The molecule has 0 aromatic heterocycles. The van der Waals surface area contributed by atoms with Gasteiger partial charge in [-0.15, -0.1) is 0 Å². The van der Waals surface area contributed by atoms with Gasteiger partial charge in [-0.3, -0.25) is 4.79 Å². The third kappa shape index (κ3) is 3.14. The van der Waals surface area contributed by atoms with Gasteiger partial charge in [0, 0.05) is 6.07 Å². The van der Waals surface area contributed by atoms with Gasteiger partial charge in [0.25, 0.3) is 0 Å². The first-order valence-corrected chi connectivity index (χ1v) is 8.25. The monoisotopic (exact) mass is 358 g/mol. The lowest BCUT2D eigenvalue weighted by molar-refractivity contribution is 0.0824. The minimum Gasteiger partial charge on any atom is -0.497 e. The maximum atomic E-state index is 13.1. The van der Waals surface area contributed by atoms with E-state index in [2.05, 4.69) is 0 Å². The number of ether oxygens (including phenoxy) is 5. The zero-order chi connectivity index (χ0) is 18.7. The van der Waals surface area contributed by atoms with Crippen LogP contribution in [0.1, 0.15) is 15.9 Å². The van der Waals surface area contributed by atoms with Crippen LogP contribution in [0.5, 0.6) is 28.7 Å². The summed E-state index contributed by atoms with van der Waals surface area (Å²) in [6, 6.07) is 9.33. The lowest BCUT2D eigenvalue weighted by atomic mass is 9.89. The summed E-state index contributed by atoms with van der Waals surface area (Å²) in [6.07, 6.45) is 0.569. The van der Waals surface area contributed by atoms with E-state index in [1.807, 2.05) is 24.3 Å². The molecule has 0 radical (unpaired) electrons. The predicted molar refractivity (Wildman–Crippen MR) is 96.1 cm³/mol. The van der Waals surface area contributed by atoms with Gasteiger partial charge < -0.3 is 23.7 Å². The molecule has 0 saturated heterocycles. The van der Waals surface area contributed by atoms with E-state index in [0.717, 1.165) is 11.3 Å². The van der Waals surface area contributed by atoms with Crippen molar-refractivity contribution in [1.29, 1.82) is 0 Å². The van der Waals surface area contributed by atoms with E-state index < -0.39 is 0 Å². The van der Waals surface area contributed by atoms with E-state index in [1.165, 1.54) is 21.3 Å². The second-order valence-electron chi connectivity index (χ2n) is 5.94. The Morgan fingerprint density at radius 3 is 2.23 bits per heavy atom. The second-order valence-corrected chi connectivity index (χ2v) is 5.94. The molecule has 0 unspecified atom stereocenters. The van der Waals surface area contributed by atoms with Gasteiger partial charge >= 0.3 is 0 Å². The van der Waals surface area contributed by atoms with Crippen molar-refractivity contribution in [3.05, 3.63) is 41.5 Å². The zero-order valence-corrected chi connectivity index (χ0v) is 15.3. The Morgan fingerprint density at radius 1 is 0.962 bits per heavy atom. The average molecular weight is 358 g/mol. The first kappa shape index (κ1) is 17.9. The molecule has 1 aliphatic rings. The number of carbonyl (C=O) groups is 1. The van der Waals surface area contributed by atoms with Crippen LogP contribution in [0.25, 0.3) is 0 Å². The maximum absolute atomic E-state index is 13.1. The highest BCUT2D eigenvalue weighted by atomic mass is 16.5. The van der Waals surface area contributed by atoms with Gasteiger partial charge in [-0.2, -0.15) is 0 Å². The number of Topliss-reactive ketones (excluding diaryl/α,β-unsaturated/α-hetero) is 1. The fraction of sp³-hybridized carbons (Fsp3) is 0.350. The lowest BCUT2D eigenvalue weighted by Gasteiger charge is -2.27. The zero-order valence-electron chi connectivity index (χ0n) is 15.3. The molecule has 6 nitrogen and oxygen atoms in total. The summed E-state index contributed by atoms with van der Waals surface area (Å²) in [5, 5.41) is 0. The van der Waals surface area contributed by atoms with Crippen LogP contribution in [0.4, 0.5) is 0 Å². The van der Waals surface area contributed by atoms with E-state index in [1.54, 1.807) is 13.2 Å². The first-order valence-electron chi connectivity index (χ1n) is 8.25. The minimum absolute atomic E-state index is 0.0279. The molecule has 26 heavy (non-hydrogen) atoms. The summed E-state index contributed by atoms with van der Waals surface area (Å²) in [7, 11) is 6.16. The molecule has 2 aromatic carbocycles. The molecule has 0 N–H and O–H groups in total. The van der Waals surface area contributed by atoms with Crippen LogP contribution in [-0.4, -0.2) is 40.8 Å². The molecular weight excluding hydrogens is 336 g/mol. The van der Waals surface area contributed by atoms with E-state index in [0.29, 0.717) is 41.6 Å². The number of benzene rings is 2. The van der Waals surface area contributed by atoms with Crippen molar-refractivity contribution in [3.8, 4) is 28.7 Å². The van der Waals surface area contributed by atoms with E-state index in [9.17, 15) is 4.79 Å². The van der Waals surface area contributed by atoms with Crippen LogP contribution < -0.4 is 23.7 Å². The van der Waals surface area contributed by atoms with E-state index in [4.69, 9.17) is 23.7 Å². The molecule has 6 heteroatoms. The Labute approximate surface area is 152 Å². The van der Waals surface area contributed by atoms with Gasteiger partial charge in [-0.25, -0.2) is 0 Å². The molecule has 2 aromatic rings. The van der Waals surface area contributed by atoms with E-state index in [-0.39, 0.29) is 11.7 Å². The van der Waals surface area contributed by atoms with Crippen LogP contribution in [0, 0.1) is 5.92 Å². The highest BCUT2D eigenvalue weighted by molar-refractivity contribution is 6.05. The van der Waals surface area contributed by atoms with Crippen molar-refractivity contribution in [1.82, 2.24) is 0 Å². The molecule has 0 saturated carbocycles. The fourth-order valence-electron chi connectivity index (χ4n) is 3.15. The number of ketones is 1. The molecule has 0 aliphatic carbocycles. The van der Waals surface area contributed by atoms with Gasteiger partial charge in [0.15, 0.2) is 17.3 Å². The second kappa shape index (κ2) is 7.56. The average Bonchev–Trinajstić information content (AvgIpc) is 2.69. The standard InChI is InChI=1S/C20H22O6/c1-22-14-7-5-12(6-8-14)9-13-11-26-15-10-16(23-2)19(24-3)20(25-4)17(15)18(13)21/h5-8,10,13H,9,11H2,1-4H3/t13-/m0/s1. The number of fused-ring (bicyclic) bond motifs is 1. The van der Waals surface area contributed by atoms with Gasteiger partial charge in [0.05, 0.1) is 41.0 Å². The summed E-state index contributed by atoms with van der Waals surface area (Å²) < 4.78 is 27.2. The molecule has 1 atom stereocenters. The Balaban J connectivity index is 1.93. The Bertz CT molecular complexity index is 797. The molecule has 1 heterocycles. The fourth-order valence-corrected chi connectivity index (χ4v) is 3.15. The smallest absolute Gasteiger partial charge is 0.204 e. The molecule has 0 fully saturated rings. The summed E-state index contributed by atoms with van der Waals surface area (Å²) in [5.41, 5.74) is 1.44. The van der Waals surface area contributed by atoms with Crippen molar-refractivity contribution in [2.75, 3.05) is 35.0 Å². The normalized spacial score (nSPS) is 15.7. The van der Waals surface area contributed by atoms with Crippen LogP contribution in [0.15, 0.2) is 30.3 Å². The van der Waals surface area contributed by atoms with Crippen molar-refractivity contribution in [2.45, 2.75) is 6.42 Å². The van der Waals surface area contributed by atoms with Gasteiger partial charge in [-0.1, -0.05) is 12.1 Å². The molecule has 138 valence electrons. The topological polar surface area (TPSA) is 63.2 Å². The number of rotatable bonds is 6. The highest BCUT2D eigenvalue weighted by Gasteiger charge is 2.35. The van der Waals surface area contributed by atoms with Crippen LogP contribution in [0.3, 0.4) is 0 Å². The van der Waals surface area contributed by atoms with Gasteiger partial charge in [0.2, 0.25) is 5.75 Å². The van der Waals surface area contributed by atoms with Crippen LogP contribution in [-0.2, 0) is 6.42 Å². The van der Waals surface area contributed by atoms with Crippen molar-refractivity contribution >= 4 is 5.78 Å². The number of hydrogen-bond acceptors (Lipinski definition) is 6. The molecular formula is C20H22O6. The van der Waals surface area contributed by atoms with Crippen LogP contribution in [0.2, 0.25) is 0 Å². The summed E-state index contributed by atoms with van der Waals surface area (Å²) in [6.45, 7) is 0.302. The molecule has 0 bridgehead atoms. The maximum Gasteiger partial charge on any atom is 0.204 e. The van der Waals surface area contributed by atoms with Crippen molar-refractivity contribution < 1.29 is 28.5 Å².